The molecule has 8 nitrogen and oxygen atoms in total. The number of hydrogen-bond acceptors (Lipinski definition) is 6. The fraction of sp³-hybridized carbons (Fsp3) is 0.552. The number of halogens is 1. The van der Waals surface area contributed by atoms with Gasteiger partial charge in [-0.05, 0) is 56.7 Å². The maximum atomic E-state index is 14.4. The average molecular weight is 521 g/mol. The summed E-state index contributed by atoms with van der Waals surface area (Å²) in [6, 6.07) is 10.4. The minimum atomic E-state index is -0.923. The first-order valence-electron chi connectivity index (χ1n) is 13.9. The van der Waals surface area contributed by atoms with Crippen LogP contribution in [0.3, 0.4) is 0 Å². The van der Waals surface area contributed by atoms with Crippen molar-refractivity contribution in [2.45, 2.75) is 56.4 Å². The summed E-state index contributed by atoms with van der Waals surface area (Å²) in [6.07, 6.45) is 4.65. The van der Waals surface area contributed by atoms with Crippen LogP contribution in [-0.2, 0) is 14.9 Å². The zero-order chi connectivity index (χ0) is 26.3. The molecule has 0 aliphatic carbocycles. The molecule has 0 radical (unpaired) electrons. The number of piperidine rings is 1. The number of fused-ring (bicyclic) bond motifs is 3. The maximum absolute atomic E-state index is 14.4. The van der Waals surface area contributed by atoms with Crippen LogP contribution >= 0.6 is 0 Å². The van der Waals surface area contributed by atoms with E-state index in [0.29, 0.717) is 19.1 Å². The molecular weight excluding hydrogens is 483 g/mol. The van der Waals surface area contributed by atoms with Crippen molar-refractivity contribution in [1.29, 1.82) is 0 Å². The minimum absolute atomic E-state index is 0.00673. The molecule has 2 aromatic heterocycles. The summed E-state index contributed by atoms with van der Waals surface area (Å²) >= 11 is 0. The van der Waals surface area contributed by atoms with Gasteiger partial charge >= 0.3 is 0 Å². The number of benzene rings is 1. The molecule has 202 valence electrons. The van der Waals surface area contributed by atoms with Crippen LogP contribution in [0.5, 0.6) is 0 Å². The molecule has 2 saturated heterocycles. The van der Waals surface area contributed by atoms with E-state index in [1.807, 2.05) is 16.3 Å². The highest BCUT2D eigenvalue weighted by Gasteiger charge is 2.43. The summed E-state index contributed by atoms with van der Waals surface area (Å²) in [7, 11) is 2.11. The molecule has 0 spiro atoms. The van der Waals surface area contributed by atoms with Gasteiger partial charge in [0.05, 0.1) is 29.5 Å². The summed E-state index contributed by atoms with van der Waals surface area (Å²) in [6.45, 7) is 6.16. The maximum Gasteiger partial charge on any atom is 0.235 e. The Balaban J connectivity index is 1.44. The summed E-state index contributed by atoms with van der Waals surface area (Å²) in [4.78, 5) is 23.6. The molecule has 38 heavy (non-hydrogen) atoms. The first kappa shape index (κ1) is 25.2. The van der Waals surface area contributed by atoms with Crippen molar-refractivity contribution >= 4 is 17.4 Å². The van der Waals surface area contributed by atoms with Crippen LogP contribution < -0.4 is 10.2 Å². The predicted octanol–water partition coefficient (Wildman–Crippen LogP) is 3.81. The zero-order valence-corrected chi connectivity index (χ0v) is 22.3. The van der Waals surface area contributed by atoms with Gasteiger partial charge in [0, 0.05) is 57.9 Å². The number of carbonyl (C=O) groups excluding carboxylic acids is 1. The molecule has 1 amide bonds. The van der Waals surface area contributed by atoms with Crippen molar-refractivity contribution in [3.05, 3.63) is 59.2 Å². The van der Waals surface area contributed by atoms with Crippen LogP contribution in [0.1, 0.15) is 67.9 Å². The number of nitrogens with one attached hydrogen (secondary N) is 1. The number of carbonyl (C=O) groups is 1. The van der Waals surface area contributed by atoms with Crippen molar-refractivity contribution in [1.82, 2.24) is 24.8 Å². The quantitative estimate of drug-likeness (QED) is 0.554. The van der Waals surface area contributed by atoms with E-state index in [0.717, 1.165) is 80.2 Å². The Morgan fingerprint density at radius 3 is 2.61 bits per heavy atom. The van der Waals surface area contributed by atoms with Gasteiger partial charge < -0.3 is 19.9 Å². The third-order valence-corrected chi connectivity index (χ3v) is 8.52. The summed E-state index contributed by atoms with van der Waals surface area (Å²) in [5, 5.41) is 8.43. The molecule has 6 rings (SSSR count). The fourth-order valence-electron chi connectivity index (χ4n) is 5.97. The summed E-state index contributed by atoms with van der Waals surface area (Å²) < 4.78 is 21.9. The molecule has 2 atom stereocenters. The van der Waals surface area contributed by atoms with Crippen LogP contribution in [-0.4, -0.2) is 71.8 Å². The lowest BCUT2D eigenvalue weighted by molar-refractivity contribution is -0.143. The number of ether oxygens (including phenoxy) is 1. The third-order valence-electron chi connectivity index (χ3n) is 8.52. The molecule has 0 saturated carbocycles. The lowest BCUT2D eigenvalue weighted by Gasteiger charge is -2.41. The highest BCUT2D eigenvalue weighted by atomic mass is 19.1. The smallest absolute Gasteiger partial charge is 0.235 e. The summed E-state index contributed by atoms with van der Waals surface area (Å²) in [5.41, 5.74) is 2.65. The van der Waals surface area contributed by atoms with Gasteiger partial charge in [0.2, 0.25) is 5.91 Å². The normalized spacial score (nSPS) is 25.7. The Morgan fingerprint density at radius 2 is 1.84 bits per heavy atom. The Labute approximate surface area is 223 Å². The number of rotatable bonds is 2. The topological polar surface area (TPSA) is 75.0 Å². The largest absolute Gasteiger partial charge is 0.380 e. The first-order chi connectivity index (χ1) is 18.4. The lowest BCUT2D eigenvalue weighted by Crippen LogP contribution is -2.50. The Kier molecular flexibility index (Phi) is 6.82. The molecule has 3 aliphatic rings. The van der Waals surface area contributed by atoms with Gasteiger partial charge in [-0.2, -0.15) is 9.61 Å². The van der Waals surface area contributed by atoms with Gasteiger partial charge in [-0.25, -0.2) is 9.37 Å². The Morgan fingerprint density at radius 1 is 1.05 bits per heavy atom. The molecule has 2 bridgehead atoms. The average Bonchev–Trinajstić information content (AvgIpc) is 3.32. The van der Waals surface area contributed by atoms with Crippen LogP contribution in [0.25, 0.3) is 5.65 Å². The van der Waals surface area contributed by atoms with Crippen LogP contribution in [0, 0.1) is 5.82 Å². The SMILES string of the molecule is CN1CCCCOCC(C)(c2ccc(F)cc2)C(=O)N2CCCC[C@H]2c2cc3nc(C4CNC4)cc1n3n2. The molecule has 1 unspecified atom stereocenters. The van der Waals surface area contributed by atoms with Crippen molar-refractivity contribution in [2.24, 2.45) is 0 Å². The van der Waals surface area contributed by atoms with Crippen LogP contribution in [0.15, 0.2) is 36.4 Å². The van der Waals surface area contributed by atoms with Crippen molar-refractivity contribution in [3.63, 3.8) is 0 Å². The van der Waals surface area contributed by atoms with E-state index >= 15 is 0 Å². The van der Waals surface area contributed by atoms with Gasteiger partial charge in [-0.15, -0.1) is 0 Å². The van der Waals surface area contributed by atoms with Crippen molar-refractivity contribution in [3.8, 4) is 0 Å². The van der Waals surface area contributed by atoms with Gasteiger partial charge in [0.25, 0.3) is 0 Å². The number of anilines is 1. The third kappa shape index (κ3) is 4.56. The van der Waals surface area contributed by atoms with E-state index in [9.17, 15) is 9.18 Å². The molecule has 1 aromatic carbocycles. The van der Waals surface area contributed by atoms with E-state index in [2.05, 4.69) is 29.4 Å². The second-order valence-electron chi connectivity index (χ2n) is 11.3. The molecule has 5 heterocycles. The highest BCUT2D eigenvalue weighted by molar-refractivity contribution is 5.88. The van der Waals surface area contributed by atoms with E-state index in [-0.39, 0.29) is 24.4 Å². The fourth-order valence-corrected chi connectivity index (χ4v) is 5.97. The molecule has 1 N–H and O–H groups in total. The van der Waals surface area contributed by atoms with Crippen LogP contribution in [0.4, 0.5) is 10.2 Å². The number of nitrogens with zero attached hydrogens (tertiary/aromatic N) is 5. The second kappa shape index (κ2) is 10.3. The number of aromatic nitrogens is 3. The molecular formula is C29H37FN6O2. The van der Waals surface area contributed by atoms with Crippen LogP contribution in [0.2, 0.25) is 0 Å². The highest BCUT2D eigenvalue weighted by Crippen LogP contribution is 2.37. The molecule has 9 heteroatoms. The van der Waals surface area contributed by atoms with Crippen molar-refractivity contribution < 1.29 is 13.9 Å². The van der Waals surface area contributed by atoms with E-state index < -0.39 is 5.41 Å². The Bertz CT molecular complexity index is 1310. The standard InChI is InChI=1S/C29H37FN6O2/c1-29(21-8-10-22(30)11-9-21)19-38-14-6-5-12-34(2)27-16-23(20-17-31-18-20)32-26-15-24(33-36(26)27)25-7-3-4-13-35(25)28(29)37/h8-11,15-16,20,25,31H,3-7,12-14,17-19H2,1-2H3/t25-,29?/m0/s1. The van der Waals surface area contributed by atoms with Gasteiger partial charge in [0.15, 0.2) is 5.65 Å². The van der Waals surface area contributed by atoms with Crippen molar-refractivity contribution in [2.75, 3.05) is 51.3 Å². The molecule has 3 aromatic rings. The minimum Gasteiger partial charge on any atom is -0.380 e. The van der Waals surface area contributed by atoms with E-state index in [4.69, 9.17) is 14.8 Å². The number of hydrogen-bond donors (Lipinski definition) is 1. The summed E-state index contributed by atoms with van der Waals surface area (Å²) in [5.74, 6) is 1.14. The number of amides is 1. The lowest BCUT2D eigenvalue weighted by atomic mass is 9.80. The van der Waals surface area contributed by atoms with E-state index in [1.165, 1.54) is 12.1 Å². The molecule has 2 fully saturated rings. The Hall–Kier alpha value is -3.04. The second-order valence-corrected chi connectivity index (χ2v) is 11.3. The van der Waals surface area contributed by atoms with Gasteiger partial charge in [0.1, 0.15) is 11.6 Å². The first-order valence-corrected chi connectivity index (χ1v) is 13.9. The predicted molar refractivity (Wildman–Crippen MR) is 144 cm³/mol. The van der Waals surface area contributed by atoms with E-state index in [1.54, 1.807) is 12.1 Å². The molecule has 3 aliphatic heterocycles. The van der Waals surface area contributed by atoms with Gasteiger partial charge in [-0.3, -0.25) is 4.79 Å². The monoisotopic (exact) mass is 520 g/mol. The zero-order valence-electron chi connectivity index (χ0n) is 22.3. The van der Waals surface area contributed by atoms with Gasteiger partial charge in [-0.1, -0.05) is 12.1 Å².